The normalized spacial score (nSPS) is 17.9. The predicted octanol–water partition coefficient (Wildman–Crippen LogP) is 0.636. The van der Waals surface area contributed by atoms with E-state index >= 15 is 0 Å². The molecule has 156 valence electrons. The average molecular weight is 420 g/mol. The van der Waals surface area contributed by atoms with Gasteiger partial charge in [0.25, 0.3) is 5.56 Å². The molecule has 0 bridgehead atoms. The van der Waals surface area contributed by atoms with Crippen LogP contribution in [-0.2, 0) is 23.6 Å². The summed E-state index contributed by atoms with van der Waals surface area (Å²) >= 11 is 1.25. The highest BCUT2D eigenvalue weighted by atomic mass is 32.2. The summed E-state index contributed by atoms with van der Waals surface area (Å²) in [7, 11) is 3.06. The van der Waals surface area contributed by atoms with Crippen LogP contribution >= 0.6 is 11.8 Å². The van der Waals surface area contributed by atoms with E-state index in [0.29, 0.717) is 48.2 Å². The number of rotatable bonds is 4. The highest BCUT2D eigenvalue weighted by Gasteiger charge is 2.25. The molecule has 1 saturated carbocycles. The minimum atomic E-state index is -0.428. The molecule has 4 rings (SSSR count). The minimum Gasteiger partial charge on any atom is -0.378 e. The maximum atomic E-state index is 12.8. The summed E-state index contributed by atoms with van der Waals surface area (Å²) in [5.74, 6) is 1.07. The number of hydrogen-bond acceptors (Lipinski definition) is 7. The molecule has 2 fully saturated rings. The summed E-state index contributed by atoms with van der Waals surface area (Å²) in [4.78, 5) is 48.9. The van der Waals surface area contributed by atoms with E-state index in [1.807, 2.05) is 0 Å². The number of nitrogens with zero attached hydrogens (tertiary/aromatic N) is 5. The number of carbonyl (C=O) groups excluding carboxylic acids is 1. The van der Waals surface area contributed by atoms with Crippen molar-refractivity contribution >= 4 is 28.7 Å². The number of thioether (sulfide) groups is 1. The fraction of sp³-hybridized carbons (Fsp3) is 0.632. The fourth-order valence-electron chi connectivity index (χ4n) is 3.95. The van der Waals surface area contributed by atoms with Gasteiger partial charge in [0.05, 0.1) is 19.0 Å². The third-order valence-corrected chi connectivity index (χ3v) is 6.66. The molecule has 2 aromatic heterocycles. The van der Waals surface area contributed by atoms with Crippen LogP contribution in [0.15, 0.2) is 14.6 Å². The molecule has 1 saturated heterocycles. The van der Waals surface area contributed by atoms with Gasteiger partial charge in [-0.3, -0.25) is 18.7 Å². The summed E-state index contributed by atoms with van der Waals surface area (Å²) in [5.41, 5.74) is -0.502. The molecule has 1 aliphatic heterocycles. The largest absolute Gasteiger partial charge is 0.378 e. The second-order valence-corrected chi connectivity index (χ2v) is 8.52. The minimum absolute atomic E-state index is 0.00544. The zero-order valence-corrected chi connectivity index (χ0v) is 17.5. The Labute approximate surface area is 172 Å². The monoisotopic (exact) mass is 419 g/mol. The molecule has 0 aromatic carbocycles. The first-order chi connectivity index (χ1) is 14.0. The van der Waals surface area contributed by atoms with E-state index in [0.717, 1.165) is 30.3 Å². The summed E-state index contributed by atoms with van der Waals surface area (Å²) in [6.07, 6.45) is 4.25. The Balaban J connectivity index is 1.74. The smallest absolute Gasteiger partial charge is 0.332 e. The van der Waals surface area contributed by atoms with Gasteiger partial charge in [-0.2, -0.15) is 0 Å². The van der Waals surface area contributed by atoms with Crippen molar-refractivity contribution in [3.8, 4) is 0 Å². The Bertz CT molecular complexity index is 1050. The van der Waals surface area contributed by atoms with Gasteiger partial charge < -0.3 is 9.64 Å². The van der Waals surface area contributed by atoms with Crippen LogP contribution in [-0.4, -0.2) is 62.0 Å². The highest BCUT2D eigenvalue weighted by Crippen LogP contribution is 2.34. The lowest BCUT2D eigenvalue weighted by Gasteiger charge is -2.26. The summed E-state index contributed by atoms with van der Waals surface area (Å²) in [6.45, 7) is 2.24. The van der Waals surface area contributed by atoms with E-state index in [4.69, 9.17) is 9.72 Å². The summed E-state index contributed by atoms with van der Waals surface area (Å²) < 4.78 is 7.76. The maximum absolute atomic E-state index is 12.8. The van der Waals surface area contributed by atoms with Gasteiger partial charge in [0.1, 0.15) is 16.2 Å². The quantitative estimate of drug-likeness (QED) is 0.530. The van der Waals surface area contributed by atoms with E-state index < -0.39 is 11.2 Å². The zero-order valence-electron chi connectivity index (χ0n) is 16.7. The van der Waals surface area contributed by atoms with Crippen LogP contribution in [0, 0.1) is 0 Å². The van der Waals surface area contributed by atoms with Crippen molar-refractivity contribution in [2.45, 2.75) is 36.6 Å². The van der Waals surface area contributed by atoms with Crippen LogP contribution < -0.4 is 11.2 Å². The van der Waals surface area contributed by atoms with Crippen LogP contribution in [0.4, 0.5) is 0 Å². The van der Waals surface area contributed by atoms with Gasteiger partial charge in [-0.05, 0) is 12.8 Å². The number of ether oxygens (including phenoxy) is 1. The van der Waals surface area contributed by atoms with Crippen molar-refractivity contribution < 1.29 is 9.53 Å². The van der Waals surface area contributed by atoms with Crippen molar-refractivity contribution in [2.75, 3.05) is 32.1 Å². The van der Waals surface area contributed by atoms with Gasteiger partial charge in [0, 0.05) is 33.1 Å². The lowest BCUT2D eigenvalue weighted by molar-refractivity contribution is -0.132. The van der Waals surface area contributed by atoms with Crippen LogP contribution in [0.1, 0.15) is 37.4 Å². The van der Waals surface area contributed by atoms with Crippen LogP contribution in [0.2, 0.25) is 0 Å². The standard InChI is InChI=1S/C19H25N5O4S/c1-22-16-14(18(26)23(2)19(22)27)17(21-15(20-16)12-5-3-4-6-12)29-11-13(25)24-7-9-28-10-8-24/h12H,3-11H2,1-2H3. The van der Waals surface area contributed by atoms with Crippen LogP contribution in [0.3, 0.4) is 0 Å². The van der Waals surface area contributed by atoms with Crippen molar-refractivity contribution in [1.82, 2.24) is 24.0 Å². The van der Waals surface area contributed by atoms with Gasteiger partial charge >= 0.3 is 5.69 Å². The number of carbonyl (C=O) groups is 1. The highest BCUT2D eigenvalue weighted by molar-refractivity contribution is 8.00. The molecule has 2 aromatic rings. The molecule has 0 unspecified atom stereocenters. The van der Waals surface area contributed by atoms with Crippen molar-refractivity contribution in [3.05, 3.63) is 26.7 Å². The van der Waals surface area contributed by atoms with E-state index in [1.54, 1.807) is 11.9 Å². The zero-order chi connectivity index (χ0) is 20.5. The van der Waals surface area contributed by atoms with Crippen LogP contribution in [0.25, 0.3) is 11.0 Å². The molecule has 1 aliphatic carbocycles. The summed E-state index contributed by atoms with van der Waals surface area (Å²) in [5, 5.41) is 0.783. The maximum Gasteiger partial charge on any atom is 0.332 e. The van der Waals surface area contributed by atoms with Crippen LogP contribution in [0.5, 0.6) is 0 Å². The van der Waals surface area contributed by atoms with E-state index in [9.17, 15) is 14.4 Å². The third kappa shape index (κ3) is 3.83. The first kappa shape index (κ1) is 20.1. The van der Waals surface area contributed by atoms with E-state index in [2.05, 4.69) is 4.98 Å². The Morgan fingerprint density at radius 3 is 2.48 bits per heavy atom. The van der Waals surface area contributed by atoms with Crippen molar-refractivity contribution in [1.29, 1.82) is 0 Å². The van der Waals surface area contributed by atoms with E-state index in [-0.39, 0.29) is 17.6 Å². The van der Waals surface area contributed by atoms with Crippen molar-refractivity contribution in [3.63, 3.8) is 0 Å². The second kappa shape index (κ2) is 8.27. The molecule has 0 spiro atoms. The number of amides is 1. The molecule has 0 N–H and O–H groups in total. The van der Waals surface area contributed by atoms with Gasteiger partial charge in [-0.25, -0.2) is 14.8 Å². The first-order valence-corrected chi connectivity index (χ1v) is 10.9. The molecule has 0 atom stereocenters. The molecule has 9 nitrogen and oxygen atoms in total. The number of aryl methyl sites for hydroxylation is 1. The van der Waals surface area contributed by atoms with Crippen molar-refractivity contribution in [2.24, 2.45) is 14.1 Å². The predicted molar refractivity (Wildman–Crippen MR) is 109 cm³/mol. The molecule has 10 heteroatoms. The second-order valence-electron chi connectivity index (χ2n) is 7.55. The lowest BCUT2D eigenvalue weighted by atomic mass is 10.1. The lowest BCUT2D eigenvalue weighted by Crippen LogP contribution is -2.41. The molecule has 3 heterocycles. The molecule has 1 amide bonds. The summed E-state index contributed by atoms with van der Waals surface area (Å²) in [6, 6.07) is 0. The fourth-order valence-corrected chi connectivity index (χ4v) is 4.87. The molecule has 0 radical (unpaired) electrons. The Kier molecular flexibility index (Phi) is 5.73. The molecular formula is C19H25N5O4S. The van der Waals surface area contributed by atoms with Gasteiger partial charge in [0.2, 0.25) is 5.91 Å². The number of morpholine rings is 1. The van der Waals surface area contributed by atoms with E-state index in [1.165, 1.54) is 23.4 Å². The average Bonchev–Trinajstić information content (AvgIpc) is 3.29. The topological polar surface area (TPSA) is 99.3 Å². The Morgan fingerprint density at radius 2 is 1.79 bits per heavy atom. The molecule has 29 heavy (non-hydrogen) atoms. The number of fused-ring (bicyclic) bond motifs is 1. The van der Waals surface area contributed by atoms with Gasteiger partial charge in [-0.15, -0.1) is 0 Å². The first-order valence-electron chi connectivity index (χ1n) is 9.93. The molecular weight excluding hydrogens is 394 g/mol. The van der Waals surface area contributed by atoms with Gasteiger partial charge in [0.15, 0.2) is 5.65 Å². The Morgan fingerprint density at radius 1 is 1.10 bits per heavy atom. The number of aromatic nitrogens is 4. The third-order valence-electron chi connectivity index (χ3n) is 5.70. The molecule has 2 aliphatic rings. The SMILES string of the molecule is Cn1c(=O)c2c(SCC(=O)N3CCOCC3)nc(C3CCCC3)nc2n(C)c1=O. The van der Waals surface area contributed by atoms with Gasteiger partial charge in [-0.1, -0.05) is 24.6 Å². The number of hydrogen-bond donors (Lipinski definition) is 0. The Hall–Kier alpha value is -2.20.